The van der Waals surface area contributed by atoms with Crippen LogP contribution in [0.3, 0.4) is 0 Å². The molecule has 6 heteroatoms. The molecule has 1 aliphatic rings. The molecule has 1 fully saturated rings. The first-order valence-electron chi connectivity index (χ1n) is 8.54. The second-order valence-corrected chi connectivity index (χ2v) is 6.38. The Kier molecular flexibility index (Phi) is 4.41. The van der Waals surface area contributed by atoms with Crippen LogP contribution in [0.5, 0.6) is 0 Å². The molecular weight excluding hydrogens is 330 g/mol. The number of hydrogen-bond donors (Lipinski definition) is 2. The van der Waals surface area contributed by atoms with Crippen molar-refractivity contribution in [2.24, 2.45) is 5.92 Å². The van der Waals surface area contributed by atoms with Crippen LogP contribution in [0.4, 0.5) is 5.69 Å². The minimum atomic E-state index is -0.416. The highest BCUT2D eigenvalue weighted by molar-refractivity contribution is 5.98. The monoisotopic (exact) mass is 349 g/mol. The maximum absolute atomic E-state index is 12.5. The highest BCUT2D eigenvalue weighted by Gasteiger charge is 2.35. The van der Waals surface area contributed by atoms with Crippen LogP contribution in [0.1, 0.15) is 12.0 Å². The van der Waals surface area contributed by atoms with Gasteiger partial charge in [0.2, 0.25) is 11.8 Å². The maximum Gasteiger partial charge on any atom is 0.247 e. The Morgan fingerprint density at radius 1 is 1.19 bits per heavy atom. The van der Waals surface area contributed by atoms with Gasteiger partial charge in [-0.25, -0.2) is 5.06 Å². The molecule has 26 heavy (non-hydrogen) atoms. The summed E-state index contributed by atoms with van der Waals surface area (Å²) in [6.45, 7) is 0.578. The number of rotatable bonds is 5. The van der Waals surface area contributed by atoms with Crippen LogP contribution >= 0.6 is 0 Å². The summed E-state index contributed by atoms with van der Waals surface area (Å²) in [6.07, 6.45) is 2.01. The topological polar surface area (TPSA) is 74.4 Å². The predicted octanol–water partition coefficient (Wildman–Crippen LogP) is 3.09. The number of fused-ring (bicyclic) bond motifs is 1. The number of carbonyl (C=O) groups excluding carboxylic acids is 2. The van der Waals surface area contributed by atoms with E-state index in [1.807, 2.05) is 60.8 Å². The summed E-state index contributed by atoms with van der Waals surface area (Å²) >= 11 is 0. The standard InChI is InChI=1S/C20H19N3O3/c24-19-11-16(12-23(19)26-13-14-4-2-1-3-5-14)20(25)22-17-6-7-18-15(10-17)8-9-21-18/h1-10,16,21H,11-13H2,(H,22,25). The van der Waals surface area contributed by atoms with E-state index >= 15 is 0 Å². The molecule has 2 aromatic carbocycles. The van der Waals surface area contributed by atoms with Gasteiger partial charge < -0.3 is 10.3 Å². The number of carbonyl (C=O) groups is 2. The van der Waals surface area contributed by atoms with Crippen molar-refractivity contribution in [2.75, 3.05) is 11.9 Å². The zero-order valence-electron chi connectivity index (χ0n) is 14.1. The molecule has 2 heterocycles. The number of benzene rings is 2. The Labute approximate surface area is 150 Å². The van der Waals surface area contributed by atoms with Gasteiger partial charge in [0.1, 0.15) is 6.61 Å². The van der Waals surface area contributed by atoms with Crippen LogP contribution in [0, 0.1) is 5.92 Å². The van der Waals surface area contributed by atoms with Crippen LogP contribution in [0.2, 0.25) is 0 Å². The molecule has 4 rings (SSSR count). The van der Waals surface area contributed by atoms with Gasteiger partial charge in [0.05, 0.1) is 12.5 Å². The van der Waals surface area contributed by atoms with Crippen LogP contribution in [0.25, 0.3) is 10.9 Å². The summed E-state index contributed by atoms with van der Waals surface area (Å²) in [6, 6.07) is 17.2. The van der Waals surface area contributed by atoms with Crippen molar-refractivity contribution in [1.82, 2.24) is 10.0 Å². The SMILES string of the molecule is O=C(Nc1ccc2[nH]ccc2c1)C1CC(=O)N(OCc2ccccc2)C1. The van der Waals surface area contributed by atoms with Crippen molar-refractivity contribution in [3.8, 4) is 0 Å². The third-order valence-electron chi connectivity index (χ3n) is 4.51. The lowest BCUT2D eigenvalue weighted by molar-refractivity contribution is -0.182. The first-order chi connectivity index (χ1) is 12.7. The van der Waals surface area contributed by atoms with Crippen molar-refractivity contribution in [1.29, 1.82) is 0 Å². The Bertz CT molecular complexity index is 936. The highest BCUT2D eigenvalue weighted by Crippen LogP contribution is 2.23. The lowest BCUT2D eigenvalue weighted by Crippen LogP contribution is -2.28. The lowest BCUT2D eigenvalue weighted by Gasteiger charge is -2.16. The van der Waals surface area contributed by atoms with Gasteiger partial charge in [-0.2, -0.15) is 0 Å². The molecule has 1 aliphatic heterocycles. The zero-order chi connectivity index (χ0) is 17.9. The van der Waals surface area contributed by atoms with Crippen molar-refractivity contribution in [3.05, 3.63) is 66.4 Å². The van der Waals surface area contributed by atoms with E-state index in [-0.39, 0.29) is 24.8 Å². The largest absolute Gasteiger partial charge is 0.361 e. The average Bonchev–Trinajstić information content (AvgIpc) is 3.27. The fraction of sp³-hybridized carbons (Fsp3) is 0.200. The maximum atomic E-state index is 12.5. The van der Waals surface area contributed by atoms with E-state index in [1.165, 1.54) is 5.06 Å². The molecule has 1 atom stereocenters. The van der Waals surface area contributed by atoms with Gasteiger partial charge >= 0.3 is 0 Å². The summed E-state index contributed by atoms with van der Waals surface area (Å²) in [4.78, 5) is 33.3. The summed E-state index contributed by atoms with van der Waals surface area (Å²) in [5.41, 5.74) is 2.71. The number of anilines is 1. The molecule has 0 spiro atoms. The molecule has 6 nitrogen and oxygen atoms in total. The van der Waals surface area contributed by atoms with Gasteiger partial charge in [-0.05, 0) is 29.8 Å². The first-order valence-corrected chi connectivity index (χ1v) is 8.54. The van der Waals surface area contributed by atoms with Gasteiger partial charge in [0.15, 0.2) is 0 Å². The molecular formula is C20H19N3O3. The summed E-state index contributed by atoms with van der Waals surface area (Å²) in [7, 11) is 0. The molecule has 1 aromatic heterocycles. The van der Waals surface area contributed by atoms with Crippen molar-refractivity contribution in [2.45, 2.75) is 13.0 Å². The Morgan fingerprint density at radius 2 is 2.04 bits per heavy atom. The molecule has 0 radical (unpaired) electrons. The van der Waals surface area contributed by atoms with Crippen LogP contribution < -0.4 is 5.32 Å². The molecule has 1 saturated heterocycles. The van der Waals surface area contributed by atoms with Crippen LogP contribution in [0.15, 0.2) is 60.8 Å². The fourth-order valence-electron chi connectivity index (χ4n) is 3.08. The minimum absolute atomic E-state index is 0.160. The van der Waals surface area contributed by atoms with Crippen molar-refractivity contribution >= 4 is 28.4 Å². The predicted molar refractivity (Wildman–Crippen MR) is 98.0 cm³/mol. The number of aromatic nitrogens is 1. The lowest BCUT2D eigenvalue weighted by atomic mass is 10.1. The smallest absolute Gasteiger partial charge is 0.247 e. The number of nitrogens with one attached hydrogen (secondary N) is 2. The summed E-state index contributed by atoms with van der Waals surface area (Å²) in [5, 5.41) is 5.22. The van der Waals surface area contributed by atoms with E-state index in [2.05, 4.69) is 10.3 Å². The number of H-pyrrole nitrogens is 1. The van der Waals surface area contributed by atoms with E-state index in [0.29, 0.717) is 6.61 Å². The molecule has 0 bridgehead atoms. The zero-order valence-corrected chi connectivity index (χ0v) is 14.1. The fourth-order valence-corrected chi connectivity index (χ4v) is 3.08. The molecule has 132 valence electrons. The van der Waals surface area contributed by atoms with Crippen molar-refractivity contribution in [3.63, 3.8) is 0 Å². The van der Waals surface area contributed by atoms with Crippen LogP contribution in [-0.2, 0) is 21.0 Å². The molecule has 2 amide bonds. The molecule has 1 unspecified atom stereocenters. The van der Waals surface area contributed by atoms with E-state index in [4.69, 9.17) is 4.84 Å². The number of hydroxylamine groups is 2. The molecule has 2 N–H and O–H groups in total. The van der Waals surface area contributed by atoms with Gasteiger partial charge in [0, 0.05) is 29.2 Å². The third-order valence-corrected chi connectivity index (χ3v) is 4.51. The first kappa shape index (κ1) is 16.4. The summed E-state index contributed by atoms with van der Waals surface area (Å²) in [5.74, 6) is -0.749. The van der Waals surface area contributed by atoms with E-state index in [9.17, 15) is 9.59 Å². The normalized spacial score (nSPS) is 17.0. The van der Waals surface area contributed by atoms with Gasteiger partial charge in [-0.15, -0.1) is 0 Å². The van der Waals surface area contributed by atoms with E-state index in [1.54, 1.807) is 0 Å². The van der Waals surface area contributed by atoms with E-state index < -0.39 is 5.92 Å². The van der Waals surface area contributed by atoms with E-state index in [0.717, 1.165) is 22.2 Å². The number of amides is 2. The molecule has 0 aliphatic carbocycles. The Balaban J connectivity index is 1.35. The Hall–Kier alpha value is -3.12. The second-order valence-electron chi connectivity index (χ2n) is 6.38. The van der Waals surface area contributed by atoms with Gasteiger partial charge in [-0.1, -0.05) is 30.3 Å². The van der Waals surface area contributed by atoms with Crippen LogP contribution in [-0.4, -0.2) is 28.4 Å². The average molecular weight is 349 g/mol. The Morgan fingerprint density at radius 3 is 2.88 bits per heavy atom. The van der Waals surface area contributed by atoms with Gasteiger partial charge in [0.25, 0.3) is 0 Å². The number of hydrogen-bond acceptors (Lipinski definition) is 3. The van der Waals surface area contributed by atoms with Crippen molar-refractivity contribution < 1.29 is 14.4 Å². The highest BCUT2D eigenvalue weighted by atomic mass is 16.7. The number of nitrogens with zero attached hydrogens (tertiary/aromatic N) is 1. The van der Waals surface area contributed by atoms with Gasteiger partial charge in [-0.3, -0.25) is 14.4 Å². The second kappa shape index (κ2) is 7.01. The molecule has 0 saturated carbocycles. The minimum Gasteiger partial charge on any atom is -0.361 e. The quantitative estimate of drug-likeness (QED) is 0.743. The third kappa shape index (κ3) is 3.45. The number of aromatic amines is 1. The summed E-state index contributed by atoms with van der Waals surface area (Å²) < 4.78 is 0. The molecule has 3 aromatic rings.